The molecule has 2 aromatic rings. The van der Waals surface area contributed by atoms with Crippen molar-refractivity contribution in [2.45, 2.75) is 19.9 Å². The minimum absolute atomic E-state index is 0.163. The van der Waals surface area contributed by atoms with Gasteiger partial charge >= 0.3 is 5.97 Å². The molecular weight excluding hydrogens is 258 g/mol. The van der Waals surface area contributed by atoms with Crippen molar-refractivity contribution in [1.82, 2.24) is 9.55 Å². The van der Waals surface area contributed by atoms with E-state index < -0.39 is 5.97 Å². The summed E-state index contributed by atoms with van der Waals surface area (Å²) in [6, 6.07) is 4.82. The number of hydrogen-bond acceptors (Lipinski definition) is 3. The molecule has 0 fully saturated rings. The molecular formula is C14H15N3O3. The normalized spacial score (nSPS) is 10.2. The smallest absolute Gasteiger partial charge is 0.336 e. The molecule has 6 nitrogen and oxygen atoms in total. The third-order valence-electron chi connectivity index (χ3n) is 2.99. The third-order valence-corrected chi connectivity index (χ3v) is 2.99. The van der Waals surface area contributed by atoms with Crippen LogP contribution in [0.25, 0.3) is 0 Å². The number of carboxylic acids is 1. The molecule has 1 amide bonds. The van der Waals surface area contributed by atoms with Gasteiger partial charge in [-0.05, 0) is 24.6 Å². The SMILES string of the molecule is Cc1c(NC(=O)CCn2ccnc2)cccc1C(=O)O. The Kier molecular flexibility index (Phi) is 4.14. The first-order valence-corrected chi connectivity index (χ1v) is 6.16. The molecule has 0 spiro atoms. The van der Waals surface area contributed by atoms with Gasteiger partial charge in [-0.15, -0.1) is 0 Å². The molecule has 6 heteroatoms. The van der Waals surface area contributed by atoms with Crippen LogP contribution in [0.15, 0.2) is 36.9 Å². The fourth-order valence-electron chi connectivity index (χ4n) is 1.87. The highest BCUT2D eigenvalue weighted by atomic mass is 16.4. The van der Waals surface area contributed by atoms with Crippen molar-refractivity contribution in [3.63, 3.8) is 0 Å². The Bertz CT molecular complexity index is 621. The predicted octanol–water partition coefficient (Wildman–Crippen LogP) is 1.92. The lowest BCUT2D eigenvalue weighted by Crippen LogP contribution is -2.15. The van der Waals surface area contributed by atoms with Crippen LogP contribution in [0.2, 0.25) is 0 Å². The average molecular weight is 273 g/mol. The van der Waals surface area contributed by atoms with Crippen LogP contribution in [-0.4, -0.2) is 26.5 Å². The zero-order chi connectivity index (χ0) is 14.5. The van der Waals surface area contributed by atoms with Crippen LogP contribution in [0.3, 0.4) is 0 Å². The van der Waals surface area contributed by atoms with Crippen LogP contribution >= 0.6 is 0 Å². The van der Waals surface area contributed by atoms with Crippen molar-refractivity contribution in [2.75, 3.05) is 5.32 Å². The van der Waals surface area contributed by atoms with Gasteiger partial charge in [-0.25, -0.2) is 9.78 Å². The number of rotatable bonds is 5. The number of aryl methyl sites for hydroxylation is 1. The first-order chi connectivity index (χ1) is 9.58. The van der Waals surface area contributed by atoms with Crippen molar-refractivity contribution in [3.05, 3.63) is 48.0 Å². The van der Waals surface area contributed by atoms with E-state index in [9.17, 15) is 9.59 Å². The number of aromatic nitrogens is 2. The molecule has 1 aromatic carbocycles. The molecule has 1 heterocycles. The standard InChI is InChI=1S/C14H15N3O3/c1-10-11(14(19)20)3-2-4-12(10)16-13(18)5-7-17-8-6-15-9-17/h2-4,6,8-9H,5,7H2,1H3,(H,16,18)(H,19,20). The van der Waals surface area contributed by atoms with Crippen molar-refractivity contribution in [3.8, 4) is 0 Å². The largest absolute Gasteiger partial charge is 0.478 e. The number of benzene rings is 1. The number of hydrogen-bond donors (Lipinski definition) is 2. The summed E-state index contributed by atoms with van der Waals surface area (Å²) in [5, 5.41) is 11.8. The summed E-state index contributed by atoms with van der Waals surface area (Å²) >= 11 is 0. The lowest BCUT2D eigenvalue weighted by atomic mass is 10.1. The number of carboxylic acid groups (broad SMARTS) is 1. The maximum absolute atomic E-state index is 11.8. The van der Waals surface area contributed by atoms with Crippen molar-refractivity contribution >= 4 is 17.6 Å². The molecule has 1 aromatic heterocycles. The second-order valence-corrected chi connectivity index (χ2v) is 4.38. The van der Waals surface area contributed by atoms with E-state index in [0.29, 0.717) is 24.2 Å². The number of imidazole rings is 1. The van der Waals surface area contributed by atoms with E-state index >= 15 is 0 Å². The van der Waals surface area contributed by atoms with Crippen LogP contribution in [0.4, 0.5) is 5.69 Å². The summed E-state index contributed by atoms with van der Waals surface area (Å²) in [6.45, 7) is 2.21. The van der Waals surface area contributed by atoms with Gasteiger partial charge in [0.25, 0.3) is 0 Å². The van der Waals surface area contributed by atoms with Crippen molar-refractivity contribution < 1.29 is 14.7 Å². The Morgan fingerprint density at radius 1 is 1.40 bits per heavy atom. The van der Waals surface area contributed by atoms with Crippen LogP contribution in [-0.2, 0) is 11.3 Å². The second kappa shape index (κ2) is 6.01. The lowest BCUT2D eigenvalue weighted by molar-refractivity contribution is -0.116. The first-order valence-electron chi connectivity index (χ1n) is 6.16. The summed E-state index contributed by atoms with van der Waals surface area (Å²) < 4.78 is 1.81. The third kappa shape index (κ3) is 3.23. The molecule has 104 valence electrons. The summed E-state index contributed by atoms with van der Waals surface area (Å²) in [6.07, 6.45) is 5.37. The fourth-order valence-corrected chi connectivity index (χ4v) is 1.87. The molecule has 0 aliphatic heterocycles. The van der Waals surface area contributed by atoms with Gasteiger partial charge in [-0.1, -0.05) is 6.07 Å². The van der Waals surface area contributed by atoms with Gasteiger partial charge in [0, 0.05) is 31.0 Å². The molecule has 0 aliphatic carbocycles. The fraction of sp³-hybridized carbons (Fsp3) is 0.214. The molecule has 2 rings (SSSR count). The molecule has 2 N–H and O–H groups in total. The Labute approximate surface area is 116 Å². The van der Waals surface area contributed by atoms with Gasteiger partial charge < -0.3 is 15.0 Å². The summed E-state index contributed by atoms with van der Waals surface area (Å²) in [5.41, 5.74) is 1.27. The first kappa shape index (κ1) is 13.8. The van der Waals surface area contributed by atoms with Crippen LogP contribution in [0, 0.1) is 6.92 Å². The molecule has 0 saturated carbocycles. The zero-order valence-corrected chi connectivity index (χ0v) is 11.0. The van der Waals surface area contributed by atoms with Gasteiger partial charge in [0.2, 0.25) is 5.91 Å². The van der Waals surface area contributed by atoms with Crippen LogP contribution < -0.4 is 5.32 Å². The number of anilines is 1. The van der Waals surface area contributed by atoms with E-state index in [1.54, 1.807) is 42.3 Å². The van der Waals surface area contributed by atoms with Crippen LogP contribution in [0.1, 0.15) is 22.3 Å². The van der Waals surface area contributed by atoms with Gasteiger partial charge in [0.1, 0.15) is 0 Å². The van der Waals surface area contributed by atoms with Crippen molar-refractivity contribution in [1.29, 1.82) is 0 Å². The molecule has 0 atom stereocenters. The summed E-state index contributed by atoms with van der Waals surface area (Å²) in [4.78, 5) is 26.8. The van der Waals surface area contributed by atoms with Gasteiger partial charge in [0.15, 0.2) is 0 Å². The van der Waals surface area contributed by atoms with E-state index in [0.717, 1.165) is 0 Å². The highest BCUT2D eigenvalue weighted by Gasteiger charge is 2.11. The molecule has 0 radical (unpaired) electrons. The predicted molar refractivity (Wildman–Crippen MR) is 73.6 cm³/mol. The Morgan fingerprint density at radius 2 is 2.20 bits per heavy atom. The number of nitrogens with zero attached hydrogens (tertiary/aromatic N) is 2. The number of aromatic carboxylic acids is 1. The van der Waals surface area contributed by atoms with E-state index in [2.05, 4.69) is 10.3 Å². The Balaban J connectivity index is 2.01. The Morgan fingerprint density at radius 3 is 2.85 bits per heavy atom. The van der Waals surface area contributed by atoms with Crippen LogP contribution in [0.5, 0.6) is 0 Å². The molecule has 0 saturated heterocycles. The maximum atomic E-state index is 11.8. The minimum atomic E-state index is -1.00. The number of amides is 1. The quantitative estimate of drug-likeness (QED) is 0.871. The Hall–Kier alpha value is -2.63. The summed E-state index contributed by atoms with van der Waals surface area (Å²) in [5.74, 6) is -1.17. The van der Waals surface area contributed by atoms with E-state index in [-0.39, 0.29) is 11.5 Å². The molecule has 0 bridgehead atoms. The monoisotopic (exact) mass is 273 g/mol. The zero-order valence-electron chi connectivity index (χ0n) is 11.0. The highest BCUT2D eigenvalue weighted by Crippen LogP contribution is 2.19. The number of carbonyl (C=O) groups is 2. The van der Waals surface area contributed by atoms with Gasteiger partial charge in [-0.3, -0.25) is 4.79 Å². The average Bonchev–Trinajstić information content (AvgIpc) is 2.91. The molecule has 20 heavy (non-hydrogen) atoms. The maximum Gasteiger partial charge on any atom is 0.336 e. The lowest BCUT2D eigenvalue weighted by Gasteiger charge is -2.10. The number of nitrogens with one attached hydrogen (secondary N) is 1. The topological polar surface area (TPSA) is 84.2 Å². The minimum Gasteiger partial charge on any atom is -0.478 e. The van der Waals surface area contributed by atoms with E-state index in [1.165, 1.54) is 6.07 Å². The number of carbonyl (C=O) groups excluding carboxylic acids is 1. The van der Waals surface area contributed by atoms with E-state index in [1.807, 2.05) is 0 Å². The van der Waals surface area contributed by atoms with E-state index in [4.69, 9.17) is 5.11 Å². The van der Waals surface area contributed by atoms with Crippen molar-refractivity contribution in [2.24, 2.45) is 0 Å². The van der Waals surface area contributed by atoms with Gasteiger partial charge in [0.05, 0.1) is 11.9 Å². The molecule has 0 unspecified atom stereocenters. The van der Waals surface area contributed by atoms with Gasteiger partial charge in [-0.2, -0.15) is 0 Å². The molecule has 0 aliphatic rings. The highest BCUT2D eigenvalue weighted by molar-refractivity contribution is 5.95. The second-order valence-electron chi connectivity index (χ2n) is 4.38. The summed E-state index contributed by atoms with van der Waals surface area (Å²) in [7, 11) is 0.